The Kier molecular flexibility index (Phi) is 8.58. The molecule has 0 spiro atoms. The van der Waals surface area contributed by atoms with Crippen LogP contribution in [0.4, 0.5) is 0 Å². The predicted octanol–water partition coefficient (Wildman–Crippen LogP) is 1.75. The topological polar surface area (TPSA) is 63.3 Å². The number of benzene rings is 1. The monoisotopic (exact) mass is 405 g/mol. The third-order valence-corrected chi connectivity index (χ3v) is 5.89. The summed E-state index contributed by atoms with van der Waals surface area (Å²) in [4.78, 5) is 17.3. The number of carbonyl (C=O) groups excluding carboxylic acids is 1. The van der Waals surface area contributed by atoms with Gasteiger partial charge in [-0.15, -0.1) is 0 Å². The van der Waals surface area contributed by atoms with Crippen LogP contribution in [0.2, 0.25) is 0 Å². The average molecular weight is 406 g/mol. The highest BCUT2D eigenvalue weighted by Crippen LogP contribution is 2.27. The van der Waals surface area contributed by atoms with Gasteiger partial charge in [0.25, 0.3) is 0 Å². The highest BCUT2D eigenvalue weighted by atomic mass is 16.5. The van der Waals surface area contributed by atoms with Gasteiger partial charge < -0.3 is 19.5 Å². The number of carbonyl (C=O) groups is 1. The number of methoxy groups -OCH3 is 2. The molecule has 1 amide bonds. The second-order valence-electron chi connectivity index (χ2n) is 7.83. The van der Waals surface area contributed by atoms with Crippen LogP contribution in [0.15, 0.2) is 18.2 Å². The van der Waals surface area contributed by atoms with Gasteiger partial charge in [0, 0.05) is 37.7 Å². The molecule has 7 nitrogen and oxygen atoms in total. The van der Waals surface area contributed by atoms with Crippen LogP contribution < -0.4 is 14.8 Å². The van der Waals surface area contributed by atoms with Crippen molar-refractivity contribution in [2.45, 2.75) is 25.8 Å². The van der Waals surface area contributed by atoms with Crippen LogP contribution in [-0.2, 0) is 16.1 Å². The van der Waals surface area contributed by atoms with E-state index in [1.807, 2.05) is 18.2 Å². The van der Waals surface area contributed by atoms with Crippen LogP contribution in [0.25, 0.3) is 0 Å². The zero-order valence-electron chi connectivity index (χ0n) is 17.8. The normalized spacial score (nSPS) is 19.1. The first-order valence-electron chi connectivity index (χ1n) is 10.7. The first-order valence-corrected chi connectivity index (χ1v) is 10.7. The largest absolute Gasteiger partial charge is 0.497 e. The Labute approximate surface area is 174 Å². The molecule has 2 aliphatic rings. The maximum atomic E-state index is 12.5. The lowest BCUT2D eigenvalue weighted by atomic mass is 9.95. The maximum absolute atomic E-state index is 12.5. The summed E-state index contributed by atoms with van der Waals surface area (Å²) in [6, 6.07) is 5.90. The lowest BCUT2D eigenvalue weighted by Gasteiger charge is -2.31. The lowest BCUT2D eigenvalue weighted by molar-refractivity contribution is -0.126. The van der Waals surface area contributed by atoms with Crippen LogP contribution >= 0.6 is 0 Å². The standard InChI is InChI=1S/C22H35N3O4/c1-27-20-4-5-21(28-2)19(16-20)17-25-10-6-18(7-11-25)22(26)23-8-3-9-24-12-14-29-15-13-24/h4-5,16,18H,3,6-15,17H2,1-2H3,(H,23,26). The van der Waals surface area contributed by atoms with Crippen LogP contribution in [0, 0.1) is 5.92 Å². The van der Waals surface area contributed by atoms with E-state index in [-0.39, 0.29) is 11.8 Å². The molecule has 29 heavy (non-hydrogen) atoms. The SMILES string of the molecule is COc1ccc(OC)c(CN2CCC(C(=O)NCCCN3CCOCC3)CC2)c1. The second-order valence-corrected chi connectivity index (χ2v) is 7.83. The fourth-order valence-electron chi connectivity index (χ4n) is 4.08. The minimum atomic E-state index is 0.127. The minimum Gasteiger partial charge on any atom is -0.497 e. The lowest BCUT2D eigenvalue weighted by Crippen LogP contribution is -2.41. The van der Waals surface area contributed by atoms with Gasteiger partial charge in [-0.05, 0) is 57.1 Å². The summed E-state index contributed by atoms with van der Waals surface area (Å²) in [7, 11) is 3.37. The number of piperidine rings is 1. The van der Waals surface area contributed by atoms with E-state index in [0.717, 1.165) is 95.4 Å². The van der Waals surface area contributed by atoms with Crippen molar-refractivity contribution in [2.75, 3.05) is 66.7 Å². The van der Waals surface area contributed by atoms with Gasteiger partial charge in [0.05, 0.1) is 27.4 Å². The molecule has 1 aromatic rings. The van der Waals surface area contributed by atoms with Gasteiger partial charge in [-0.25, -0.2) is 0 Å². The van der Waals surface area contributed by atoms with Crippen molar-refractivity contribution < 1.29 is 19.0 Å². The average Bonchev–Trinajstić information content (AvgIpc) is 2.77. The molecule has 0 saturated carbocycles. The van der Waals surface area contributed by atoms with Crippen LogP contribution in [0.5, 0.6) is 11.5 Å². The molecule has 0 aromatic heterocycles. The summed E-state index contributed by atoms with van der Waals surface area (Å²) >= 11 is 0. The molecule has 0 aliphatic carbocycles. The van der Waals surface area contributed by atoms with E-state index in [0.29, 0.717) is 0 Å². The first-order chi connectivity index (χ1) is 14.2. The summed E-state index contributed by atoms with van der Waals surface area (Å²) in [5.74, 6) is 2.06. The quantitative estimate of drug-likeness (QED) is 0.632. The number of nitrogens with one attached hydrogen (secondary N) is 1. The van der Waals surface area contributed by atoms with Crippen molar-refractivity contribution in [3.63, 3.8) is 0 Å². The number of amides is 1. The Morgan fingerprint density at radius 1 is 1.10 bits per heavy atom. The number of ether oxygens (including phenoxy) is 3. The van der Waals surface area contributed by atoms with E-state index in [1.54, 1.807) is 14.2 Å². The molecular formula is C22H35N3O4. The fraction of sp³-hybridized carbons (Fsp3) is 0.682. The molecule has 2 aliphatic heterocycles. The van der Waals surface area contributed by atoms with Gasteiger partial charge in [-0.1, -0.05) is 0 Å². The van der Waals surface area contributed by atoms with E-state index >= 15 is 0 Å². The molecule has 0 unspecified atom stereocenters. The summed E-state index contributed by atoms with van der Waals surface area (Å²) in [6.07, 6.45) is 2.81. The molecule has 1 N–H and O–H groups in total. The summed E-state index contributed by atoms with van der Waals surface area (Å²) in [6.45, 7) is 8.11. The van der Waals surface area contributed by atoms with E-state index in [1.165, 1.54) is 0 Å². The molecule has 2 heterocycles. The molecule has 3 rings (SSSR count). The zero-order chi connectivity index (χ0) is 20.5. The highest BCUT2D eigenvalue weighted by molar-refractivity contribution is 5.78. The number of likely N-dealkylation sites (tertiary alicyclic amines) is 1. The number of hydrogen-bond acceptors (Lipinski definition) is 6. The van der Waals surface area contributed by atoms with Crippen LogP contribution in [0.1, 0.15) is 24.8 Å². The van der Waals surface area contributed by atoms with E-state index in [9.17, 15) is 4.79 Å². The molecular weight excluding hydrogens is 370 g/mol. The predicted molar refractivity (Wildman–Crippen MR) is 112 cm³/mol. The Hall–Kier alpha value is -1.83. The molecule has 7 heteroatoms. The van der Waals surface area contributed by atoms with Gasteiger partial charge in [0.15, 0.2) is 0 Å². The molecule has 1 aromatic carbocycles. The molecule has 2 saturated heterocycles. The Balaban J connectivity index is 1.37. The summed E-state index contributed by atoms with van der Waals surface area (Å²) < 4.78 is 16.2. The van der Waals surface area contributed by atoms with Crippen molar-refractivity contribution in [3.8, 4) is 11.5 Å². The number of rotatable bonds is 9. The summed E-state index contributed by atoms with van der Waals surface area (Å²) in [5.41, 5.74) is 1.12. The van der Waals surface area contributed by atoms with Gasteiger partial charge in [-0.3, -0.25) is 14.6 Å². The minimum absolute atomic E-state index is 0.127. The zero-order valence-corrected chi connectivity index (χ0v) is 17.8. The Bertz CT molecular complexity index is 641. The van der Waals surface area contributed by atoms with E-state index < -0.39 is 0 Å². The van der Waals surface area contributed by atoms with Gasteiger partial charge in [0.2, 0.25) is 5.91 Å². The smallest absolute Gasteiger partial charge is 0.223 e. The van der Waals surface area contributed by atoms with Crippen LogP contribution in [0.3, 0.4) is 0 Å². The number of nitrogens with zero attached hydrogens (tertiary/aromatic N) is 2. The number of hydrogen-bond donors (Lipinski definition) is 1. The van der Waals surface area contributed by atoms with Gasteiger partial charge >= 0.3 is 0 Å². The van der Waals surface area contributed by atoms with Gasteiger partial charge in [0.1, 0.15) is 11.5 Å². The van der Waals surface area contributed by atoms with E-state index in [4.69, 9.17) is 14.2 Å². The van der Waals surface area contributed by atoms with Crippen molar-refractivity contribution in [1.29, 1.82) is 0 Å². The fourth-order valence-corrected chi connectivity index (χ4v) is 4.08. The second kappa shape index (κ2) is 11.4. The maximum Gasteiger partial charge on any atom is 0.223 e. The van der Waals surface area contributed by atoms with E-state index in [2.05, 4.69) is 15.1 Å². The molecule has 0 bridgehead atoms. The first kappa shape index (κ1) is 21.9. The van der Waals surface area contributed by atoms with Crippen molar-refractivity contribution in [1.82, 2.24) is 15.1 Å². The third-order valence-electron chi connectivity index (χ3n) is 5.89. The van der Waals surface area contributed by atoms with Crippen molar-refractivity contribution in [2.24, 2.45) is 5.92 Å². The van der Waals surface area contributed by atoms with Crippen molar-refractivity contribution >= 4 is 5.91 Å². The third kappa shape index (κ3) is 6.59. The summed E-state index contributed by atoms with van der Waals surface area (Å²) in [5, 5.41) is 3.14. The van der Waals surface area contributed by atoms with Gasteiger partial charge in [-0.2, -0.15) is 0 Å². The molecule has 2 fully saturated rings. The highest BCUT2D eigenvalue weighted by Gasteiger charge is 2.25. The Morgan fingerprint density at radius 3 is 2.55 bits per heavy atom. The molecule has 162 valence electrons. The van der Waals surface area contributed by atoms with Crippen molar-refractivity contribution in [3.05, 3.63) is 23.8 Å². The molecule has 0 atom stereocenters. The van der Waals surface area contributed by atoms with Crippen LogP contribution in [-0.4, -0.2) is 82.4 Å². The Morgan fingerprint density at radius 2 is 1.86 bits per heavy atom. The number of morpholine rings is 1. The molecule has 0 radical (unpaired) electrons.